The van der Waals surface area contributed by atoms with Crippen LogP contribution in [-0.2, 0) is 0 Å². The van der Waals surface area contributed by atoms with Gasteiger partial charge in [-0.3, -0.25) is 4.79 Å². The molecule has 0 fully saturated rings. The molecule has 1 amide bonds. The Morgan fingerprint density at radius 1 is 1.17 bits per heavy atom. The number of hydrogen-bond acceptors (Lipinski definition) is 3. The number of amides is 1. The van der Waals surface area contributed by atoms with Crippen molar-refractivity contribution in [2.45, 2.75) is 6.92 Å². The lowest BCUT2D eigenvalue weighted by molar-refractivity contribution is 0.102. The van der Waals surface area contributed by atoms with Crippen LogP contribution in [-0.4, -0.2) is 10.9 Å². The molecule has 7 heteroatoms. The van der Waals surface area contributed by atoms with Gasteiger partial charge in [0.1, 0.15) is 21.5 Å². The van der Waals surface area contributed by atoms with Crippen molar-refractivity contribution in [2.75, 3.05) is 5.32 Å². The van der Waals surface area contributed by atoms with E-state index in [4.69, 9.17) is 11.6 Å². The van der Waals surface area contributed by atoms with Crippen LogP contribution in [0.1, 0.15) is 15.4 Å². The third-order valence-electron chi connectivity index (χ3n) is 3.27. The number of hydrogen-bond donors (Lipinski definition) is 1. The molecule has 0 bridgehead atoms. The van der Waals surface area contributed by atoms with Crippen molar-refractivity contribution >= 4 is 34.5 Å². The average molecular weight is 365 g/mol. The SMILES string of the molecule is Cc1nc(-c2ccc(F)cc2)sc1C(=O)Nc1ccc(Cl)cc1F. The standard InChI is InChI=1S/C17H11ClF2N2OS/c1-9-15(16(23)22-14-7-4-11(18)8-13(14)20)24-17(21-9)10-2-5-12(19)6-3-10/h2-8H,1H3,(H,22,23). The van der Waals surface area contributed by atoms with Gasteiger partial charge >= 0.3 is 0 Å². The molecule has 0 saturated heterocycles. The second-order valence-electron chi connectivity index (χ2n) is 5.02. The van der Waals surface area contributed by atoms with Crippen LogP contribution in [0.4, 0.5) is 14.5 Å². The summed E-state index contributed by atoms with van der Waals surface area (Å²) in [6.45, 7) is 1.69. The van der Waals surface area contributed by atoms with Crippen LogP contribution in [0.15, 0.2) is 42.5 Å². The number of aryl methyl sites for hydroxylation is 1. The maximum atomic E-state index is 13.8. The normalized spacial score (nSPS) is 10.7. The predicted molar refractivity (Wildman–Crippen MR) is 91.6 cm³/mol. The number of nitrogens with one attached hydrogen (secondary N) is 1. The number of halogens is 3. The van der Waals surface area contributed by atoms with Gasteiger partial charge in [-0.2, -0.15) is 0 Å². The third kappa shape index (κ3) is 3.44. The second-order valence-corrected chi connectivity index (χ2v) is 6.45. The molecule has 0 radical (unpaired) electrons. The van der Waals surface area contributed by atoms with Crippen molar-refractivity contribution in [2.24, 2.45) is 0 Å². The van der Waals surface area contributed by atoms with Crippen LogP contribution < -0.4 is 5.32 Å². The zero-order valence-corrected chi connectivity index (χ0v) is 14.0. The Morgan fingerprint density at radius 2 is 1.88 bits per heavy atom. The minimum absolute atomic E-state index is 0.0422. The first kappa shape index (κ1) is 16.5. The smallest absolute Gasteiger partial charge is 0.267 e. The van der Waals surface area contributed by atoms with Gasteiger partial charge in [0.25, 0.3) is 5.91 Å². The Hall–Kier alpha value is -2.31. The van der Waals surface area contributed by atoms with Gasteiger partial charge in [0.15, 0.2) is 0 Å². The highest BCUT2D eigenvalue weighted by molar-refractivity contribution is 7.17. The summed E-state index contributed by atoms with van der Waals surface area (Å²) in [6.07, 6.45) is 0. The number of anilines is 1. The molecule has 0 spiro atoms. The van der Waals surface area contributed by atoms with E-state index in [1.165, 1.54) is 24.3 Å². The van der Waals surface area contributed by atoms with Crippen molar-refractivity contribution < 1.29 is 13.6 Å². The molecule has 0 aliphatic heterocycles. The Kier molecular flexibility index (Phi) is 4.59. The van der Waals surface area contributed by atoms with Crippen molar-refractivity contribution in [1.82, 2.24) is 4.98 Å². The zero-order valence-electron chi connectivity index (χ0n) is 12.4. The van der Waals surface area contributed by atoms with Crippen molar-refractivity contribution in [3.8, 4) is 10.6 Å². The lowest BCUT2D eigenvalue weighted by Crippen LogP contribution is -2.12. The topological polar surface area (TPSA) is 42.0 Å². The summed E-state index contributed by atoms with van der Waals surface area (Å²) in [5, 5.41) is 3.35. The first-order valence-electron chi connectivity index (χ1n) is 6.94. The number of rotatable bonds is 3. The maximum Gasteiger partial charge on any atom is 0.267 e. The van der Waals surface area contributed by atoms with Crippen LogP contribution >= 0.6 is 22.9 Å². The number of aromatic nitrogens is 1. The average Bonchev–Trinajstić information content (AvgIpc) is 2.93. The molecule has 3 aromatic rings. The molecule has 1 heterocycles. The molecule has 0 atom stereocenters. The van der Waals surface area contributed by atoms with Crippen LogP contribution in [0.25, 0.3) is 10.6 Å². The monoisotopic (exact) mass is 364 g/mol. The first-order chi connectivity index (χ1) is 11.4. The second kappa shape index (κ2) is 6.67. The number of nitrogens with zero attached hydrogens (tertiary/aromatic N) is 1. The van der Waals surface area contributed by atoms with Gasteiger partial charge in [-0.1, -0.05) is 11.6 Å². The molecule has 122 valence electrons. The van der Waals surface area contributed by atoms with E-state index in [9.17, 15) is 13.6 Å². The Labute approximate surface area is 145 Å². The number of thiazole rings is 1. The summed E-state index contributed by atoms with van der Waals surface area (Å²) >= 11 is 6.85. The van der Waals surface area contributed by atoms with E-state index < -0.39 is 11.7 Å². The number of benzene rings is 2. The summed E-state index contributed by atoms with van der Waals surface area (Å²) in [4.78, 5) is 17.1. The van der Waals surface area contributed by atoms with E-state index in [1.807, 2.05) is 0 Å². The van der Waals surface area contributed by atoms with Crippen molar-refractivity contribution in [1.29, 1.82) is 0 Å². The highest BCUT2D eigenvalue weighted by Crippen LogP contribution is 2.29. The third-order valence-corrected chi connectivity index (χ3v) is 4.71. The van der Waals surface area contributed by atoms with E-state index >= 15 is 0 Å². The fourth-order valence-electron chi connectivity index (χ4n) is 2.09. The molecular weight excluding hydrogens is 354 g/mol. The Balaban J connectivity index is 1.86. The first-order valence-corrected chi connectivity index (χ1v) is 8.13. The minimum atomic E-state index is -0.614. The van der Waals surface area contributed by atoms with E-state index in [1.54, 1.807) is 19.1 Å². The minimum Gasteiger partial charge on any atom is -0.319 e. The Bertz CT molecular complexity index is 909. The molecule has 0 unspecified atom stereocenters. The highest BCUT2D eigenvalue weighted by Gasteiger charge is 2.17. The molecule has 3 rings (SSSR count). The zero-order chi connectivity index (χ0) is 17.3. The van der Waals surface area contributed by atoms with Crippen molar-refractivity contribution in [3.05, 3.63) is 69.7 Å². The largest absolute Gasteiger partial charge is 0.319 e. The fraction of sp³-hybridized carbons (Fsp3) is 0.0588. The van der Waals surface area contributed by atoms with E-state index in [0.717, 1.165) is 17.4 Å². The number of carbonyl (C=O) groups is 1. The molecule has 3 nitrogen and oxygen atoms in total. The summed E-state index contributed by atoms with van der Waals surface area (Å²) in [6, 6.07) is 9.85. The fourth-order valence-corrected chi connectivity index (χ4v) is 3.22. The summed E-state index contributed by atoms with van der Waals surface area (Å²) in [5.41, 5.74) is 1.27. The molecule has 1 aromatic heterocycles. The van der Waals surface area contributed by atoms with Gasteiger partial charge in [-0.15, -0.1) is 11.3 Å². The molecule has 24 heavy (non-hydrogen) atoms. The lowest BCUT2D eigenvalue weighted by atomic mass is 10.2. The molecule has 2 aromatic carbocycles. The highest BCUT2D eigenvalue weighted by atomic mass is 35.5. The summed E-state index contributed by atoms with van der Waals surface area (Å²) in [5.74, 6) is -1.42. The molecule has 0 saturated carbocycles. The van der Waals surface area contributed by atoms with Gasteiger partial charge in [0.2, 0.25) is 0 Å². The van der Waals surface area contributed by atoms with Crippen LogP contribution in [0.2, 0.25) is 5.02 Å². The predicted octanol–water partition coefficient (Wildman–Crippen LogP) is 5.30. The lowest BCUT2D eigenvalue weighted by Gasteiger charge is -2.05. The van der Waals surface area contributed by atoms with E-state index in [0.29, 0.717) is 21.1 Å². The summed E-state index contributed by atoms with van der Waals surface area (Å²) < 4.78 is 26.8. The van der Waals surface area contributed by atoms with Gasteiger partial charge in [0.05, 0.1) is 11.4 Å². The molecular formula is C17H11ClF2N2OS. The number of carbonyl (C=O) groups excluding carboxylic acids is 1. The van der Waals surface area contributed by atoms with Gasteiger partial charge in [0, 0.05) is 10.6 Å². The van der Waals surface area contributed by atoms with Crippen LogP contribution in [0.5, 0.6) is 0 Å². The Morgan fingerprint density at radius 3 is 2.54 bits per heavy atom. The van der Waals surface area contributed by atoms with Crippen LogP contribution in [0.3, 0.4) is 0 Å². The van der Waals surface area contributed by atoms with E-state index in [2.05, 4.69) is 10.3 Å². The quantitative estimate of drug-likeness (QED) is 0.685. The molecule has 0 aliphatic rings. The van der Waals surface area contributed by atoms with Gasteiger partial charge < -0.3 is 5.32 Å². The van der Waals surface area contributed by atoms with Gasteiger partial charge in [-0.05, 0) is 49.4 Å². The summed E-state index contributed by atoms with van der Waals surface area (Å²) in [7, 11) is 0. The van der Waals surface area contributed by atoms with Gasteiger partial charge in [-0.25, -0.2) is 13.8 Å². The van der Waals surface area contributed by atoms with E-state index in [-0.39, 0.29) is 16.5 Å². The molecule has 1 N–H and O–H groups in total. The molecule has 0 aliphatic carbocycles. The van der Waals surface area contributed by atoms with Crippen LogP contribution in [0, 0.1) is 18.6 Å². The maximum absolute atomic E-state index is 13.8. The van der Waals surface area contributed by atoms with Crippen molar-refractivity contribution in [3.63, 3.8) is 0 Å².